The van der Waals surface area contributed by atoms with Crippen LogP contribution in [0.25, 0.3) is 22.4 Å². The molecule has 0 saturated carbocycles. The van der Waals surface area contributed by atoms with E-state index >= 15 is 0 Å². The van der Waals surface area contributed by atoms with E-state index in [0.29, 0.717) is 0 Å². The van der Waals surface area contributed by atoms with Crippen LogP contribution in [0.15, 0.2) is 60.0 Å². The first kappa shape index (κ1) is 17.6. The van der Waals surface area contributed by atoms with Gasteiger partial charge in [-0.05, 0) is 37.3 Å². The summed E-state index contributed by atoms with van der Waals surface area (Å²) in [6.07, 6.45) is 1.83. The number of para-hydroxylation sites is 1. The molecule has 0 radical (unpaired) electrons. The van der Waals surface area contributed by atoms with Crippen LogP contribution in [0.3, 0.4) is 0 Å². The third kappa shape index (κ3) is 3.68. The molecule has 0 bridgehead atoms. The van der Waals surface area contributed by atoms with Crippen molar-refractivity contribution in [2.24, 2.45) is 7.05 Å². The minimum absolute atomic E-state index is 0.834. The SMILES string of the molecule is CCn1c(SCCNc2ccccc2)nnc1-c1ccc2ncn(C)c2c1. The summed E-state index contributed by atoms with van der Waals surface area (Å²) in [6, 6.07) is 16.5. The van der Waals surface area contributed by atoms with E-state index in [1.165, 1.54) is 0 Å². The molecule has 2 aromatic heterocycles. The van der Waals surface area contributed by atoms with Gasteiger partial charge in [0, 0.05) is 37.1 Å². The lowest BCUT2D eigenvalue weighted by molar-refractivity contribution is 0.687. The van der Waals surface area contributed by atoms with E-state index in [1.54, 1.807) is 11.8 Å². The fourth-order valence-corrected chi connectivity index (χ4v) is 3.91. The first-order valence-electron chi connectivity index (χ1n) is 9.02. The summed E-state index contributed by atoms with van der Waals surface area (Å²) < 4.78 is 4.20. The maximum atomic E-state index is 4.46. The minimum atomic E-state index is 0.834. The summed E-state index contributed by atoms with van der Waals surface area (Å²) in [5.41, 5.74) is 4.29. The van der Waals surface area contributed by atoms with Crippen molar-refractivity contribution >= 4 is 28.5 Å². The molecule has 1 N–H and O–H groups in total. The Morgan fingerprint density at radius 2 is 1.93 bits per heavy atom. The minimum Gasteiger partial charge on any atom is -0.384 e. The number of nitrogens with zero attached hydrogens (tertiary/aromatic N) is 5. The zero-order chi connectivity index (χ0) is 18.6. The van der Waals surface area contributed by atoms with Gasteiger partial charge in [0.05, 0.1) is 17.4 Å². The Bertz CT molecular complexity index is 1040. The number of rotatable bonds is 7. The van der Waals surface area contributed by atoms with Crippen molar-refractivity contribution < 1.29 is 0 Å². The smallest absolute Gasteiger partial charge is 0.191 e. The molecule has 27 heavy (non-hydrogen) atoms. The van der Waals surface area contributed by atoms with Crippen molar-refractivity contribution in [1.29, 1.82) is 0 Å². The highest BCUT2D eigenvalue weighted by Gasteiger charge is 2.14. The first-order chi connectivity index (χ1) is 13.3. The van der Waals surface area contributed by atoms with Crippen LogP contribution >= 0.6 is 11.8 Å². The highest BCUT2D eigenvalue weighted by atomic mass is 32.2. The second-order valence-electron chi connectivity index (χ2n) is 6.25. The third-order valence-corrected chi connectivity index (χ3v) is 5.42. The Hall–Kier alpha value is -2.80. The molecule has 0 fully saturated rings. The number of imidazole rings is 1. The number of anilines is 1. The molecule has 7 heteroatoms. The third-order valence-electron chi connectivity index (χ3n) is 4.45. The molecule has 0 aliphatic carbocycles. The zero-order valence-electron chi connectivity index (χ0n) is 15.5. The highest BCUT2D eigenvalue weighted by molar-refractivity contribution is 7.99. The van der Waals surface area contributed by atoms with Gasteiger partial charge in [-0.2, -0.15) is 0 Å². The van der Waals surface area contributed by atoms with Gasteiger partial charge in [0.1, 0.15) is 0 Å². The van der Waals surface area contributed by atoms with E-state index in [2.05, 4.69) is 56.3 Å². The van der Waals surface area contributed by atoms with Crippen LogP contribution in [0.2, 0.25) is 0 Å². The van der Waals surface area contributed by atoms with Crippen LogP contribution in [-0.4, -0.2) is 36.6 Å². The molecule has 4 aromatic rings. The monoisotopic (exact) mass is 378 g/mol. The number of fused-ring (bicyclic) bond motifs is 1. The van der Waals surface area contributed by atoms with Crippen molar-refractivity contribution in [2.75, 3.05) is 17.6 Å². The highest BCUT2D eigenvalue weighted by Crippen LogP contribution is 2.26. The average Bonchev–Trinajstić information content (AvgIpc) is 3.29. The Balaban J connectivity index is 1.48. The van der Waals surface area contributed by atoms with Gasteiger partial charge in [-0.15, -0.1) is 10.2 Å². The first-order valence-corrected chi connectivity index (χ1v) is 10.0. The standard InChI is InChI=1S/C20H22N6S/c1-3-26-19(15-9-10-17-18(13-15)25(2)14-22-17)23-24-20(26)27-12-11-21-16-7-5-4-6-8-16/h4-10,13-14,21H,3,11-12H2,1-2H3. The van der Waals surface area contributed by atoms with Gasteiger partial charge >= 0.3 is 0 Å². The normalized spacial score (nSPS) is 11.2. The quantitative estimate of drug-likeness (QED) is 0.388. The van der Waals surface area contributed by atoms with Gasteiger partial charge < -0.3 is 14.5 Å². The lowest BCUT2D eigenvalue weighted by atomic mass is 10.2. The maximum absolute atomic E-state index is 4.46. The van der Waals surface area contributed by atoms with Gasteiger partial charge in [-0.3, -0.25) is 0 Å². The van der Waals surface area contributed by atoms with Crippen LogP contribution in [0.5, 0.6) is 0 Å². The Morgan fingerprint density at radius 3 is 2.74 bits per heavy atom. The molecule has 6 nitrogen and oxygen atoms in total. The van der Waals surface area contributed by atoms with Gasteiger partial charge in [-0.1, -0.05) is 30.0 Å². The molecule has 0 spiro atoms. The molecule has 0 aliphatic heterocycles. The van der Waals surface area contributed by atoms with Gasteiger partial charge in [-0.25, -0.2) is 4.98 Å². The maximum Gasteiger partial charge on any atom is 0.191 e. The average molecular weight is 379 g/mol. The number of thioether (sulfide) groups is 1. The summed E-state index contributed by atoms with van der Waals surface area (Å²) in [5, 5.41) is 13.3. The van der Waals surface area contributed by atoms with E-state index in [9.17, 15) is 0 Å². The Kier molecular flexibility index (Phi) is 5.11. The molecule has 0 unspecified atom stereocenters. The number of hydrogen-bond donors (Lipinski definition) is 1. The number of benzene rings is 2. The number of hydrogen-bond acceptors (Lipinski definition) is 5. The number of aryl methyl sites for hydroxylation is 1. The zero-order valence-corrected chi connectivity index (χ0v) is 16.3. The Labute approximate surface area is 162 Å². The molecular formula is C20H22N6S. The second-order valence-corrected chi connectivity index (χ2v) is 7.31. The summed E-state index contributed by atoms with van der Waals surface area (Å²) >= 11 is 1.72. The van der Waals surface area contributed by atoms with Crippen molar-refractivity contribution in [1.82, 2.24) is 24.3 Å². The predicted octanol–water partition coefficient (Wildman–Crippen LogP) is 4.06. The fraction of sp³-hybridized carbons (Fsp3) is 0.250. The van der Waals surface area contributed by atoms with E-state index in [4.69, 9.17) is 0 Å². The van der Waals surface area contributed by atoms with Crippen molar-refractivity contribution in [3.05, 3.63) is 54.9 Å². The van der Waals surface area contributed by atoms with Gasteiger partial charge in [0.2, 0.25) is 0 Å². The largest absolute Gasteiger partial charge is 0.384 e. The van der Waals surface area contributed by atoms with E-state index in [1.807, 2.05) is 42.2 Å². The topological polar surface area (TPSA) is 60.6 Å². The summed E-state index contributed by atoms with van der Waals surface area (Å²) in [7, 11) is 2.00. The molecule has 0 aliphatic rings. The number of aromatic nitrogens is 5. The molecule has 0 atom stereocenters. The molecular weight excluding hydrogens is 356 g/mol. The lowest BCUT2D eigenvalue weighted by Crippen LogP contribution is -2.05. The van der Waals surface area contributed by atoms with Crippen molar-refractivity contribution in [2.45, 2.75) is 18.6 Å². The van der Waals surface area contributed by atoms with E-state index in [0.717, 1.165) is 52.1 Å². The molecule has 0 amide bonds. The van der Waals surface area contributed by atoms with Crippen LogP contribution in [0, 0.1) is 0 Å². The fourth-order valence-electron chi connectivity index (χ4n) is 3.05. The molecule has 138 valence electrons. The summed E-state index contributed by atoms with van der Waals surface area (Å²) in [6.45, 7) is 3.84. The van der Waals surface area contributed by atoms with Crippen molar-refractivity contribution in [3.8, 4) is 11.4 Å². The van der Waals surface area contributed by atoms with Crippen LogP contribution in [0.1, 0.15) is 6.92 Å². The predicted molar refractivity (Wildman–Crippen MR) is 111 cm³/mol. The second kappa shape index (κ2) is 7.84. The van der Waals surface area contributed by atoms with Crippen LogP contribution in [0.4, 0.5) is 5.69 Å². The Morgan fingerprint density at radius 1 is 1.07 bits per heavy atom. The van der Waals surface area contributed by atoms with E-state index < -0.39 is 0 Å². The van der Waals surface area contributed by atoms with Gasteiger partial charge in [0.25, 0.3) is 0 Å². The molecule has 4 rings (SSSR count). The molecule has 2 heterocycles. The number of nitrogens with one attached hydrogen (secondary N) is 1. The lowest BCUT2D eigenvalue weighted by Gasteiger charge is -2.09. The summed E-state index contributed by atoms with van der Waals surface area (Å²) in [5.74, 6) is 1.83. The van der Waals surface area contributed by atoms with Gasteiger partial charge in [0.15, 0.2) is 11.0 Å². The van der Waals surface area contributed by atoms with Crippen molar-refractivity contribution in [3.63, 3.8) is 0 Å². The van der Waals surface area contributed by atoms with Crippen LogP contribution < -0.4 is 5.32 Å². The van der Waals surface area contributed by atoms with E-state index in [-0.39, 0.29) is 0 Å². The molecule has 2 aromatic carbocycles. The molecule has 0 saturated heterocycles. The summed E-state index contributed by atoms with van der Waals surface area (Å²) in [4.78, 5) is 4.38. The van der Waals surface area contributed by atoms with Crippen LogP contribution in [-0.2, 0) is 13.6 Å².